The molecule has 30 heavy (non-hydrogen) atoms. The zero-order chi connectivity index (χ0) is 21.3. The fourth-order valence-electron chi connectivity index (χ4n) is 3.77. The molecule has 3 rings (SSSR count). The van der Waals surface area contributed by atoms with Crippen LogP contribution in [0.1, 0.15) is 32.1 Å². The standard InChI is InChI=1S/C21H29N5O4/c22-20(28)14-26(13-15-4-2-1-3-5-15)21(29)25-18-7-6-16(17-11-23-24-12-17)10-19(18)30-9-8-27/h6-7,10-12,15,27H,1-5,8-9,13-14H2,(H2,22,28)(H,23,24)(H,25,29). The third-order valence-electron chi connectivity index (χ3n) is 5.24. The topological polar surface area (TPSA) is 134 Å². The monoisotopic (exact) mass is 415 g/mol. The molecule has 1 saturated carbocycles. The van der Waals surface area contributed by atoms with Crippen LogP contribution in [0.2, 0.25) is 0 Å². The van der Waals surface area contributed by atoms with Crippen LogP contribution in [0.5, 0.6) is 5.75 Å². The molecule has 1 aliphatic rings. The van der Waals surface area contributed by atoms with Crippen molar-refractivity contribution in [3.8, 4) is 16.9 Å². The first kappa shape index (κ1) is 21.6. The fourth-order valence-corrected chi connectivity index (χ4v) is 3.77. The summed E-state index contributed by atoms with van der Waals surface area (Å²) in [4.78, 5) is 26.0. The average molecular weight is 415 g/mol. The second-order valence-electron chi connectivity index (χ2n) is 7.55. The van der Waals surface area contributed by atoms with Crippen LogP contribution in [-0.2, 0) is 4.79 Å². The number of rotatable bonds is 9. The van der Waals surface area contributed by atoms with Gasteiger partial charge >= 0.3 is 6.03 Å². The van der Waals surface area contributed by atoms with Crippen LogP contribution >= 0.6 is 0 Å². The highest BCUT2D eigenvalue weighted by molar-refractivity contribution is 5.93. The Morgan fingerprint density at radius 3 is 2.73 bits per heavy atom. The maximum absolute atomic E-state index is 12.9. The summed E-state index contributed by atoms with van der Waals surface area (Å²) in [6.45, 7) is 0.292. The summed E-state index contributed by atoms with van der Waals surface area (Å²) >= 11 is 0. The van der Waals surface area contributed by atoms with Crippen molar-refractivity contribution >= 4 is 17.6 Å². The molecule has 5 N–H and O–H groups in total. The summed E-state index contributed by atoms with van der Waals surface area (Å²) in [5.41, 5.74) is 7.56. The molecule has 0 aliphatic heterocycles. The number of hydrogen-bond acceptors (Lipinski definition) is 5. The van der Waals surface area contributed by atoms with Gasteiger partial charge in [0.05, 0.1) is 18.5 Å². The molecular formula is C21H29N5O4. The second-order valence-corrected chi connectivity index (χ2v) is 7.55. The first-order valence-corrected chi connectivity index (χ1v) is 10.3. The van der Waals surface area contributed by atoms with Gasteiger partial charge < -0.3 is 25.8 Å². The van der Waals surface area contributed by atoms with E-state index in [0.717, 1.165) is 36.8 Å². The Balaban J connectivity index is 1.76. The summed E-state index contributed by atoms with van der Waals surface area (Å²) in [7, 11) is 0. The van der Waals surface area contributed by atoms with Gasteiger partial charge in [-0.2, -0.15) is 5.10 Å². The SMILES string of the molecule is NC(=O)CN(CC1CCCCC1)C(=O)Nc1ccc(-c2cn[nH]c2)cc1OCCO. The van der Waals surface area contributed by atoms with Gasteiger partial charge in [-0.1, -0.05) is 25.3 Å². The molecule has 2 aromatic rings. The Kier molecular flexibility index (Phi) is 7.67. The van der Waals surface area contributed by atoms with Gasteiger partial charge in [0.2, 0.25) is 5.91 Å². The summed E-state index contributed by atoms with van der Waals surface area (Å²) in [6, 6.07) is 4.95. The number of hydrogen-bond donors (Lipinski definition) is 4. The zero-order valence-electron chi connectivity index (χ0n) is 17.0. The van der Waals surface area contributed by atoms with E-state index in [-0.39, 0.29) is 19.8 Å². The molecule has 0 atom stereocenters. The minimum absolute atomic E-state index is 0.0881. The molecule has 162 valence electrons. The van der Waals surface area contributed by atoms with E-state index in [1.54, 1.807) is 24.5 Å². The number of nitrogens with two attached hydrogens (primary N) is 1. The highest BCUT2D eigenvalue weighted by Gasteiger charge is 2.23. The van der Waals surface area contributed by atoms with E-state index < -0.39 is 11.9 Å². The summed E-state index contributed by atoms with van der Waals surface area (Å²) in [6.07, 6.45) is 9.04. The molecule has 0 spiro atoms. The number of aromatic amines is 1. The molecule has 1 fully saturated rings. The van der Waals surface area contributed by atoms with Gasteiger partial charge in [0.1, 0.15) is 18.9 Å². The third kappa shape index (κ3) is 5.96. The lowest BCUT2D eigenvalue weighted by molar-refractivity contribution is -0.118. The number of nitrogens with one attached hydrogen (secondary N) is 2. The lowest BCUT2D eigenvalue weighted by Gasteiger charge is -2.29. The Bertz CT molecular complexity index is 834. The normalized spacial score (nSPS) is 14.3. The number of aliphatic hydroxyl groups is 1. The average Bonchev–Trinajstić information content (AvgIpc) is 3.28. The zero-order valence-corrected chi connectivity index (χ0v) is 17.0. The minimum Gasteiger partial charge on any atom is -0.489 e. The van der Waals surface area contributed by atoms with Crippen LogP contribution in [0.4, 0.5) is 10.5 Å². The number of aliphatic hydroxyl groups excluding tert-OH is 1. The number of H-pyrrole nitrogens is 1. The largest absolute Gasteiger partial charge is 0.489 e. The number of primary amides is 1. The number of anilines is 1. The van der Waals surface area contributed by atoms with Gasteiger partial charge in [0.25, 0.3) is 0 Å². The minimum atomic E-state index is -0.548. The van der Waals surface area contributed by atoms with Crippen molar-refractivity contribution < 1.29 is 19.4 Å². The molecule has 3 amide bonds. The van der Waals surface area contributed by atoms with Crippen molar-refractivity contribution in [3.63, 3.8) is 0 Å². The van der Waals surface area contributed by atoms with Crippen molar-refractivity contribution in [1.29, 1.82) is 0 Å². The van der Waals surface area contributed by atoms with Gasteiger partial charge in [0, 0.05) is 18.3 Å². The Morgan fingerprint density at radius 1 is 1.27 bits per heavy atom. The molecule has 1 heterocycles. The molecule has 9 nitrogen and oxygen atoms in total. The van der Waals surface area contributed by atoms with Crippen LogP contribution in [-0.4, -0.2) is 58.4 Å². The number of ether oxygens (including phenoxy) is 1. The van der Waals surface area contributed by atoms with Crippen LogP contribution in [0.15, 0.2) is 30.6 Å². The van der Waals surface area contributed by atoms with E-state index in [9.17, 15) is 9.59 Å². The van der Waals surface area contributed by atoms with E-state index in [0.29, 0.717) is 23.9 Å². The van der Waals surface area contributed by atoms with Crippen molar-refractivity contribution in [2.45, 2.75) is 32.1 Å². The van der Waals surface area contributed by atoms with E-state index in [4.69, 9.17) is 15.6 Å². The van der Waals surface area contributed by atoms with Crippen LogP contribution in [0.3, 0.4) is 0 Å². The second kappa shape index (κ2) is 10.6. The van der Waals surface area contributed by atoms with Crippen molar-refractivity contribution in [2.24, 2.45) is 11.7 Å². The summed E-state index contributed by atoms with van der Waals surface area (Å²) in [5.74, 6) is 0.248. The molecule has 0 radical (unpaired) electrons. The lowest BCUT2D eigenvalue weighted by atomic mass is 9.89. The lowest BCUT2D eigenvalue weighted by Crippen LogP contribution is -2.43. The van der Waals surface area contributed by atoms with Gasteiger partial charge in [-0.25, -0.2) is 4.79 Å². The Morgan fingerprint density at radius 2 is 2.07 bits per heavy atom. The van der Waals surface area contributed by atoms with E-state index in [2.05, 4.69) is 15.5 Å². The molecular weight excluding hydrogens is 386 g/mol. The fraction of sp³-hybridized carbons (Fsp3) is 0.476. The summed E-state index contributed by atoms with van der Waals surface area (Å²) < 4.78 is 5.63. The van der Waals surface area contributed by atoms with Gasteiger partial charge in [-0.05, 0) is 36.5 Å². The Hall–Kier alpha value is -3.07. The third-order valence-corrected chi connectivity index (χ3v) is 5.24. The summed E-state index contributed by atoms with van der Waals surface area (Å²) in [5, 5.41) is 18.7. The molecule has 1 aliphatic carbocycles. The highest BCUT2D eigenvalue weighted by Crippen LogP contribution is 2.31. The van der Waals surface area contributed by atoms with Gasteiger partial charge in [-0.3, -0.25) is 9.89 Å². The van der Waals surface area contributed by atoms with Crippen molar-refractivity contribution in [1.82, 2.24) is 15.1 Å². The van der Waals surface area contributed by atoms with Crippen LogP contribution in [0, 0.1) is 5.92 Å². The maximum atomic E-state index is 12.9. The predicted molar refractivity (Wildman–Crippen MR) is 113 cm³/mol. The number of carbonyl (C=O) groups excluding carboxylic acids is 2. The van der Waals surface area contributed by atoms with Crippen molar-refractivity contribution in [3.05, 3.63) is 30.6 Å². The van der Waals surface area contributed by atoms with Gasteiger partial charge in [0.15, 0.2) is 0 Å². The first-order chi connectivity index (χ1) is 14.6. The number of amides is 3. The van der Waals surface area contributed by atoms with E-state index >= 15 is 0 Å². The smallest absolute Gasteiger partial charge is 0.322 e. The van der Waals surface area contributed by atoms with E-state index in [1.165, 1.54) is 11.3 Å². The molecule has 0 unspecified atom stereocenters. The van der Waals surface area contributed by atoms with Crippen LogP contribution in [0.25, 0.3) is 11.1 Å². The first-order valence-electron chi connectivity index (χ1n) is 10.3. The number of carbonyl (C=O) groups is 2. The predicted octanol–water partition coefficient (Wildman–Crippen LogP) is 2.35. The number of nitrogens with zero attached hydrogens (tertiary/aromatic N) is 2. The molecule has 1 aromatic heterocycles. The molecule has 0 saturated heterocycles. The van der Waals surface area contributed by atoms with Crippen molar-refractivity contribution in [2.75, 3.05) is 31.6 Å². The number of aromatic nitrogens is 2. The molecule has 1 aromatic carbocycles. The van der Waals surface area contributed by atoms with E-state index in [1.807, 2.05) is 6.07 Å². The van der Waals surface area contributed by atoms with Crippen LogP contribution < -0.4 is 15.8 Å². The number of urea groups is 1. The Labute approximate surface area is 175 Å². The molecule has 0 bridgehead atoms. The highest BCUT2D eigenvalue weighted by atomic mass is 16.5. The maximum Gasteiger partial charge on any atom is 0.322 e. The number of benzene rings is 1. The van der Waals surface area contributed by atoms with Gasteiger partial charge in [-0.15, -0.1) is 0 Å². The molecule has 9 heteroatoms. The quantitative estimate of drug-likeness (QED) is 0.499.